The van der Waals surface area contributed by atoms with Crippen LogP contribution in [0.5, 0.6) is 5.75 Å². The number of aromatic hydroxyl groups is 1. The topological polar surface area (TPSA) is 129 Å². The van der Waals surface area contributed by atoms with Crippen molar-refractivity contribution < 1.29 is 34.5 Å². The van der Waals surface area contributed by atoms with Crippen molar-refractivity contribution in [2.75, 3.05) is 0 Å². The quantitative estimate of drug-likeness (QED) is 0.263. The molecule has 0 unspecified atom stereocenters. The number of phenolic OH excluding ortho intramolecular Hbond substituents is 1. The van der Waals surface area contributed by atoms with Crippen molar-refractivity contribution in [3.8, 4) is 5.75 Å². The van der Waals surface area contributed by atoms with Gasteiger partial charge in [0.25, 0.3) is 0 Å². The molecule has 7 heteroatoms. The van der Waals surface area contributed by atoms with Crippen LogP contribution in [-0.4, -0.2) is 44.1 Å². The first-order valence-corrected chi connectivity index (χ1v) is 17.8. The molecule has 2 aromatic carbocycles. The fourth-order valence-corrected chi connectivity index (χ4v) is 9.00. The van der Waals surface area contributed by atoms with E-state index in [1.54, 1.807) is 13.8 Å². The van der Waals surface area contributed by atoms with Crippen molar-refractivity contribution >= 4 is 23.1 Å². The molecule has 7 nitrogen and oxygen atoms in total. The maximum absolute atomic E-state index is 14.6. The Hall–Kier alpha value is -3.84. The van der Waals surface area contributed by atoms with Gasteiger partial charge in [-0.05, 0) is 77.7 Å². The number of benzene rings is 2. The Bertz CT molecular complexity index is 1890. The molecule has 0 fully saturated rings. The van der Waals surface area contributed by atoms with E-state index in [1.165, 1.54) is 6.92 Å². The van der Waals surface area contributed by atoms with Crippen LogP contribution in [0.3, 0.4) is 0 Å². The fraction of sp³-hybridized carbons (Fsp3) is 0.535. The van der Waals surface area contributed by atoms with E-state index in [0.29, 0.717) is 16.7 Å². The predicted octanol–water partition coefficient (Wildman–Crippen LogP) is 8.04. The van der Waals surface area contributed by atoms with Gasteiger partial charge in [-0.3, -0.25) is 19.2 Å². The fourth-order valence-electron chi connectivity index (χ4n) is 9.00. The third-order valence-corrected chi connectivity index (χ3v) is 11.5. The van der Waals surface area contributed by atoms with E-state index in [0.717, 1.165) is 22.3 Å². The third-order valence-electron chi connectivity index (χ3n) is 11.5. The number of ketones is 4. The number of carbonyl (C=O) groups is 4. The lowest BCUT2D eigenvalue weighted by molar-refractivity contribution is -0.157. The molecule has 0 saturated heterocycles. The lowest BCUT2D eigenvalue weighted by Gasteiger charge is -2.56. The van der Waals surface area contributed by atoms with Crippen molar-refractivity contribution in [3.63, 3.8) is 0 Å². The van der Waals surface area contributed by atoms with Crippen LogP contribution in [0.25, 0.3) is 0 Å². The summed E-state index contributed by atoms with van der Waals surface area (Å²) in [6.07, 6.45) is 0.707. The number of carbonyl (C=O) groups excluding carboxylic acids is 4. The van der Waals surface area contributed by atoms with Crippen molar-refractivity contribution in [3.05, 3.63) is 85.7 Å². The molecule has 0 aromatic heterocycles. The average Bonchev–Trinajstić information content (AvgIpc) is 2.94. The molecule has 268 valence electrons. The highest BCUT2D eigenvalue weighted by atomic mass is 16.3. The SMILES string of the molecule is CC(=O)C1=C(C)C[C@@]2(C)C[C@@]3(C)Cc4c(C(C)C)cc(CC(=O)Cc5cc(C(C)(C)C)cc(C(C)(C)C)c5)c(O)c4C(=O)C3=C(O)[C@@]2(O)C1=O. The van der Waals surface area contributed by atoms with Crippen LogP contribution in [0, 0.1) is 10.8 Å². The number of phenols is 1. The molecule has 0 saturated carbocycles. The van der Waals surface area contributed by atoms with E-state index in [4.69, 9.17) is 0 Å². The lowest BCUT2D eigenvalue weighted by Crippen LogP contribution is -2.63. The highest BCUT2D eigenvalue weighted by Gasteiger charge is 2.67. The van der Waals surface area contributed by atoms with Gasteiger partial charge in [-0.2, -0.15) is 0 Å². The molecule has 0 bridgehead atoms. The zero-order valence-electron chi connectivity index (χ0n) is 31.9. The maximum atomic E-state index is 14.6. The first-order valence-electron chi connectivity index (χ1n) is 17.8. The van der Waals surface area contributed by atoms with Gasteiger partial charge < -0.3 is 15.3 Å². The molecule has 3 atom stereocenters. The molecule has 5 rings (SSSR count). The summed E-state index contributed by atoms with van der Waals surface area (Å²) in [5.41, 5.74) is 0.360. The number of aliphatic hydroxyl groups is 2. The second-order valence-corrected chi connectivity index (χ2v) is 18.2. The lowest BCUT2D eigenvalue weighted by atomic mass is 9.47. The number of allylic oxidation sites excluding steroid dienone is 2. The van der Waals surface area contributed by atoms with Gasteiger partial charge in [-0.25, -0.2) is 0 Å². The molecular weight excluding hydrogens is 628 g/mol. The summed E-state index contributed by atoms with van der Waals surface area (Å²) >= 11 is 0. The highest BCUT2D eigenvalue weighted by molar-refractivity contribution is 6.25. The first kappa shape index (κ1) is 37.4. The van der Waals surface area contributed by atoms with E-state index in [2.05, 4.69) is 59.7 Å². The Balaban J connectivity index is 1.61. The van der Waals surface area contributed by atoms with Crippen LogP contribution in [0.4, 0.5) is 0 Å². The summed E-state index contributed by atoms with van der Waals surface area (Å²) in [4.78, 5) is 54.7. The zero-order chi connectivity index (χ0) is 37.7. The monoisotopic (exact) mass is 682 g/mol. The molecule has 2 aromatic rings. The molecule has 0 radical (unpaired) electrons. The second kappa shape index (κ2) is 11.9. The van der Waals surface area contributed by atoms with Gasteiger partial charge in [-0.1, -0.05) is 99.1 Å². The van der Waals surface area contributed by atoms with E-state index in [-0.39, 0.29) is 77.1 Å². The van der Waals surface area contributed by atoms with Gasteiger partial charge in [0.05, 0.1) is 11.1 Å². The zero-order valence-corrected chi connectivity index (χ0v) is 31.9. The Labute approximate surface area is 296 Å². The minimum Gasteiger partial charge on any atom is -0.508 e. The summed E-state index contributed by atoms with van der Waals surface area (Å²) in [6, 6.07) is 8.18. The maximum Gasteiger partial charge on any atom is 0.206 e. The number of hydrogen-bond donors (Lipinski definition) is 3. The highest BCUT2D eigenvalue weighted by Crippen LogP contribution is 2.62. The van der Waals surface area contributed by atoms with Crippen LogP contribution in [0.1, 0.15) is 146 Å². The van der Waals surface area contributed by atoms with Crippen LogP contribution in [-0.2, 0) is 44.5 Å². The predicted molar refractivity (Wildman–Crippen MR) is 195 cm³/mol. The largest absolute Gasteiger partial charge is 0.508 e. The van der Waals surface area contributed by atoms with Gasteiger partial charge in [0.2, 0.25) is 5.78 Å². The van der Waals surface area contributed by atoms with Crippen LogP contribution in [0.2, 0.25) is 0 Å². The van der Waals surface area contributed by atoms with E-state index in [9.17, 15) is 34.5 Å². The number of aliphatic hydroxyl groups excluding tert-OH is 1. The Morgan fingerprint density at radius 2 is 1.44 bits per heavy atom. The van der Waals surface area contributed by atoms with Crippen molar-refractivity contribution in [1.82, 2.24) is 0 Å². The molecule has 0 spiro atoms. The summed E-state index contributed by atoms with van der Waals surface area (Å²) in [5, 5.41) is 35.8. The van der Waals surface area contributed by atoms with Crippen LogP contribution >= 0.6 is 0 Å². The van der Waals surface area contributed by atoms with E-state index in [1.807, 2.05) is 26.8 Å². The molecule has 50 heavy (non-hydrogen) atoms. The first-order chi connectivity index (χ1) is 22.8. The minimum atomic E-state index is -2.48. The minimum absolute atomic E-state index is 0.00301. The van der Waals surface area contributed by atoms with Crippen molar-refractivity contribution in [1.29, 1.82) is 0 Å². The molecule has 0 aliphatic heterocycles. The van der Waals surface area contributed by atoms with Crippen molar-refractivity contribution in [2.45, 2.75) is 138 Å². The standard InChI is InChI=1S/C43H54O7/c1-22(2)30-17-26(16-29(45)15-25-13-27(39(5,6)7)18-28(14-25)40(8,9)10)35(46)33-31(30)20-41(11)21-42(12)19-23(3)32(24(4)44)37(48)43(42,50)38(49)34(41)36(33)47/h13-14,17-18,22,46,49-50H,15-16,19-21H2,1-12H3/t41-,42+,43+/m1/s1. The van der Waals surface area contributed by atoms with Gasteiger partial charge in [0.1, 0.15) is 17.3 Å². The number of rotatable bonds is 6. The second-order valence-electron chi connectivity index (χ2n) is 18.2. The van der Waals surface area contributed by atoms with E-state index < -0.39 is 39.5 Å². The summed E-state index contributed by atoms with van der Waals surface area (Å²) in [5.74, 6) is -3.33. The molecule has 3 aliphatic carbocycles. The van der Waals surface area contributed by atoms with Crippen LogP contribution in [0.15, 0.2) is 46.7 Å². The number of fused-ring (bicyclic) bond motifs is 3. The summed E-state index contributed by atoms with van der Waals surface area (Å²) in [6.45, 7) is 23.4. The number of Topliss-reactive ketones (excluding diaryl/α,β-unsaturated/α-hetero) is 4. The molecule has 3 aliphatic rings. The third kappa shape index (κ3) is 5.79. The van der Waals surface area contributed by atoms with Crippen LogP contribution < -0.4 is 0 Å². The van der Waals surface area contributed by atoms with Gasteiger partial charge in [0.15, 0.2) is 17.2 Å². The Kier molecular flexibility index (Phi) is 8.88. The molecule has 0 heterocycles. The molecule has 0 amide bonds. The molecule has 3 N–H and O–H groups in total. The summed E-state index contributed by atoms with van der Waals surface area (Å²) < 4.78 is 0. The van der Waals surface area contributed by atoms with Gasteiger partial charge in [-0.15, -0.1) is 0 Å². The Morgan fingerprint density at radius 1 is 0.880 bits per heavy atom. The normalized spacial score (nSPS) is 25.5. The molecular formula is C43H54O7. The smallest absolute Gasteiger partial charge is 0.206 e. The summed E-state index contributed by atoms with van der Waals surface area (Å²) in [7, 11) is 0. The average molecular weight is 683 g/mol. The van der Waals surface area contributed by atoms with Crippen molar-refractivity contribution in [2.24, 2.45) is 10.8 Å². The van der Waals surface area contributed by atoms with E-state index >= 15 is 0 Å². The number of hydrogen-bond acceptors (Lipinski definition) is 7. The Morgan fingerprint density at radius 3 is 1.94 bits per heavy atom. The van der Waals surface area contributed by atoms with Gasteiger partial charge >= 0.3 is 0 Å². The van der Waals surface area contributed by atoms with Gasteiger partial charge in [0, 0.05) is 34.8 Å².